The van der Waals surface area contributed by atoms with Crippen LogP contribution in [0.15, 0.2) is 117 Å². The Kier molecular flexibility index (Phi) is 11.4. The smallest absolute Gasteiger partial charge is 0.337 e. The maximum Gasteiger partial charge on any atom is 0.337 e. The van der Waals surface area contributed by atoms with Crippen LogP contribution in [0.5, 0.6) is 0 Å². The number of H-pyrrole nitrogens is 2. The number of benzene rings is 4. The Balaban J connectivity index is 0.000000150. The topological polar surface area (TPSA) is 178 Å². The number of rotatable bonds is 6. The van der Waals surface area contributed by atoms with Crippen LogP contribution in [-0.4, -0.2) is 55.2 Å². The van der Waals surface area contributed by atoms with E-state index in [4.69, 9.17) is 10.2 Å². The molecule has 2 heterocycles. The highest BCUT2D eigenvalue weighted by Gasteiger charge is 2.44. The number of aromatic amines is 2. The van der Waals surface area contributed by atoms with Gasteiger partial charge in [-0.25, -0.2) is 14.4 Å². The number of allylic oxidation sites excluding steroid dienone is 2. The first-order chi connectivity index (χ1) is 26.6. The van der Waals surface area contributed by atoms with Gasteiger partial charge in [-0.3, -0.25) is 14.6 Å². The number of nitrogens with one attached hydrogen (secondary N) is 2. The van der Waals surface area contributed by atoms with Gasteiger partial charge >= 0.3 is 23.6 Å². The summed E-state index contributed by atoms with van der Waals surface area (Å²) in [5.74, 6) is -2.27. The fourth-order valence-electron chi connectivity index (χ4n) is 8.03. The maximum atomic E-state index is 12.4. The summed E-state index contributed by atoms with van der Waals surface area (Å²) in [6.45, 7) is 5.59. The van der Waals surface area contributed by atoms with Crippen LogP contribution in [0.4, 0.5) is 0 Å². The van der Waals surface area contributed by atoms with E-state index in [0.717, 1.165) is 5.56 Å². The molecular weight excluding hydrogens is 729 g/mol. The van der Waals surface area contributed by atoms with Crippen molar-refractivity contribution in [2.75, 3.05) is 12.0 Å². The summed E-state index contributed by atoms with van der Waals surface area (Å²) in [6, 6.07) is 27.2. The zero-order valence-electron chi connectivity index (χ0n) is 31.8. The lowest BCUT2D eigenvalue weighted by Crippen LogP contribution is -2.28. The van der Waals surface area contributed by atoms with Gasteiger partial charge in [0.25, 0.3) is 5.56 Å². The van der Waals surface area contributed by atoms with Crippen molar-refractivity contribution in [2.24, 2.45) is 11.3 Å². The van der Waals surface area contributed by atoms with Gasteiger partial charge in [-0.1, -0.05) is 111 Å². The highest BCUT2D eigenvalue weighted by Crippen LogP contribution is 2.70. The molecule has 0 amide bonds. The van der Waals surface area contributed by atoms with Crippen LogP contribution in [0.3, 0.4) is 0 Å². The van der Waals surface area contributed by atoms with Gasteiger partial charge in [0.1, 0.15) is 0 Å². The maximum absolute atomic E-state index is 12.4. The summed E-state index contributed by atoms with van der Waals surface area (Å²) >= 11 is 0. The predicted molar refractivity (Wildman–Crippen MR) is 223 cm³/mol. The summed E-state index contributed by atoms with van der Waals surface area (Å²) < 4.78 is 0. The first-order valence-electron chi connectivity index (χ1n) is 18.6. The number of carboxylic acid groups (broad SMARTS) is 3. The predicted octanol–water partition coefficient (Wildman–Crippen LogP) is 8.40. The summed E-state index contributed by atoms with van der Waals surface area (Å²) in [5.41, 5.74) is 1.83. The van der Waals surface area contributed by atoms with E-state index in [-0.39, 0.29) is 29.0 Å². The van der Waals surface area contributed by atoms with Crippen LogP contribution in [0.2, 0.25) is 0 Å². The lowest BCUT2D eigenvalue weighted by molar-refractivity contribution is -0.145. The Hall–Kier alpha value is -5.94. The Morgan fingerprint density at radius 1 is 0.804 bits per heavy atom. The number of aryl methyl sites for hydroxylation is 2. The summed E-state index contributed by atoms with van der Waals surface area (Å²) in [5, 5.41) is 33.5. The van der Waals surface area contributed by atoms with Gasteiger partial charge in [-0.15, -0.1) is 0 Å². The van der Waals surface area contributed by atoms with Gasteiger partial charge in [0, 0.05) is 10.5 Å². The molecule has 2 atom stereocenters. The number of aliphatic carboxylic acids is 3. The van der Waals surface area contributed by atoms with Crippen molar-refractivity contribution in [3.63, 3.8) is 0 Å². The van der Waals surface area contributed by atoms with Gasteiger partial charge in [0.2, 0.25) is 0 Å². The minimum atomic E-state index is -1.87. The van der Waals surface area contributed by atoms with Crippen LogP contribution in [0, 0.1) is 11.3 Å². The monoisotopic (exact) mass is 774 g/mol. The molecule has 0 radical (unpaired) electrons. The zero-order valence-corrected chi connectivity index (χ0v) is 32.7. The lowest BCUT2D eigenvalue weighted by atomic mass is 9.80. The summed E-state index contributed by atoms with van der Waals surface area (Å²) in [7, 11) is -1.87. The van der Waals surface area contributed by atoms with E-state index in [9.17, 15) is 29.1 Å². The molecule has 5 N–H and O–H groups in total. The average molecular weight is 775 g/mol. The van der Waals surface area contributed by atoms with Gasteiger partial charge in [-0.05, 0) is 95.2 Å². The number of aromatic nitrogens is 2. The molecule has 0 bridgehead atoms. The van der Waals surface area contributed by atoms with Gasteiger partial charge in [0.15, 0.2) is 0 Å². The molecule has 3 aliphatic rings. The van der Waals surface area contributed by atoms with Gasteiger partial charge in [-0.2, -0.15) is 10.0 Å². The minimum absolute atomic E-state index is 0.00292. The zero-order chi connectivity index (χ0) is 40.4. The van der Waals surface area contributed by atoms with E-state index < -0.39 is 44.6 Å². The molecule has 2 aliphatic carbocycles. The number of hydrogen-bond acceptors (Lipinski definition) is 5. The molecule has 10 nitrogen and oxygen atoms in total. The minimum Gasteiger partial charge on any atom is -0.481 e. The standard InChI is InChI=1S/C18H20N2O4S.C18H16.C9H10O4/c1-10(2)9-25(3)14(11-7-5-4-6-8-11)12(17(22)23)13-15(21)19-18(24)20-16(13)25;1-3-7-15-13(5-1)9-11-18-16-8-4-2-6-14(16)10-12-17(15)18;1-9(8(12)13)4-2-3-6(5-9)7(10)11/h4-8,10H,9H2,1-3H3,(H,22,23)(H2,19,20,21,24);1,3,5,7,9-12H,2,4,6,8H2;2-4H,5H2,1H3,(H,10,11)(H,12,13). The molecule has 0 spiro atoms. The second-order valence-electron chi connectivity index (χ2n) is 15.2. The molecule has 290 valence electrons. The van der Waals surface area contributed by atoms with Crippen LogP contribution in [0.25, 0.3) is 32.0 Å². The average Bonchev–Trinajstić information content (AvgIpc) is 3.43. The van der Waals surface area contributed by atoms with E-state index in [1.165, 1.54) is 72.4 Å². The molecule has 0 fully saturated rings. The Bertz CT molecular complexity index is 2580. The first kappa shape index (κ1) is 39.7. The van der Waals surface area contributed by atoms with Crippen molar-refractivity contribution in [1.29, 1.82) is 0 Å². The molecule has 8 rings (SSSR count). The van der Waals surface area contributed by atoms with Crippen LogP contribution >= 0.6 is 10.0 Å². The number of carboxylic acids is 3. The van der Waals surface area contributed by atoms with Crippen molar-refractivity contribution < 1.29 is 29.7 Å². The molecule has 1 aliphatic heterocycles. The van der Waals surface area contributed by atoms with Crippen LogP contribution in [-0.2, 0) is 27.2 Å². The number of hydrogen-bond donors (Lipinski definition) is 5. The molecule has 11 heteroatoms. The Morgan fingerprint density at radius 2 is 1.48 bits per heavy atom. The van der Waals surface area contributed by atoms with Crippen molar-refractivity contribution in [3.8, 4) is 0 Å². The quantitative estimate of drug-likeness (QED) is 0.0844. The van der Waals surface area contributed by atoms with Crippen molar-refractivity contribution in [1.82, 2.24) is 9.97 Å². The van der Waals surface area contributed by atoms with Gasteiger partial charge in [0.05, 0.1) is 21.6 Å². The summed E-state index contributed by atoms with van der Waals surface area (Å²) in [4.78, 5) is 63.3. The number of fused-ring (bicyclic) bond motifs is 6. The van der Waals surface area contributed by atoms with Crippen LogP contribution < -0.4 is 11.2 Å². The molecule has 56 heavy (non-hydrogen) atoms. The highest BCUT2D eigenvalue weighted by molar-refractivity contribution is 8.41. The van der Waals surface area contributed by atoms with E-state index in [0.29, 0.717) is 15.7 Å². The second-order valence-corrected chi connectivity index (χ2v) is 18.5. The van der Waals surface area contributed by atoms with E-state index in [2.05, 4.69) is 58.5 Å². The van der Waals surface area contributed by atoms with Crippen LogP contribution in [0.1, 0.15) is 62.3 Å². The first-order valence-corrected chi connectivity index (χ1v) is 20.8. The molecule has 1 aromatic heterocycles. The van der Waals surface area contributed by atoms with Gasteiger partial charge < -0.3 is 20.3 Å². The van der Waals surface area contributed by atoms with Crippen molar-refractivity contribution >= 4 is 60.0 Å². The highest BCUT2D eigenvalue weighted by atomic mass is 32.3. The second kappa shape index (κ2) is 16.0. The Labute approximate surface area is 325 Å². The Morgan fingerprint density at radius 3 is 2.16 bits per heavy atom. The molecular formula is C45H46N2O8S. The van der Waals surface area contributed by atoms with Crippen molar-refractivity contribution in [2.45, 2.75) is 57.9 Å². The molecule has 5 aromatic rings. The molecule has 4 aromatic carbocycles. The normalized spacial score (nSPS) is 20.8. The van der Waals surface area contributed by atoms with E-state index >= 15 is 0 Å². The largest absolute Gasteiger partial charge is 0.481 e. The lowest BCUT2D eigenvalue weighted by Gasteiger charge is -2.36. The van der Waals surface area contributed by atoms with E-state index in [1.807, 2.05) is 50.4 Å². The molecule has 0 saturated carbocycles. The third kappa shape index (κ3) is 7.77. The SMILES string of the molecule is CC(C)CS1(C)C(c2ccccc2)=C(C(=O)O)c2c1[nH]c(=O)[nH]c2=O.CC1(C(=O)O)C=CC=C(C(=O)O)C1.c1ccc2c(c1)ccc1c3c(ccc12)CCCC3. The van der Waals surface area contributed by atoms with E-state index in [1.54, 1.807) is 11.1 Å². The fraction of sp³-hybridized carbons (Fsp3) is 0.267. The third-order valence-electron chi connectivity index (χ3n) is 10.5. The molecule has 0 saturated heterocycles. The molecule has 2 unspecified atom stereocenters. The fourth-order valence-corrected chi connectivity index (χ4v) is 12.2. The third-order valence-corrected chi connectivity index (χ3v) is 14.4. The van der Waals surface area contributed by atoms with Crippen molar-refractivity contribution in [3.05, 3.63) is 146 Å². The number of carbonyl (C=O) groups is 3. The summed E-state index contributed by atoms with van der Waals surface area (Å²) in [6.07, 6.45) is 11.6.